The zero-order chi connectivity index (χ0) is 19.5. The number of fused-ring (bicyclic) bond motifs is 1. The van der Waals surface area contributed by atoms with E-state index in [1.807, 2.05) is 61.5 Å². The van der Waals surface area contributed by atoms with Crippen molar-refractivity contribution in [3.8, 4) is 5.75 Å². The molecule has 1 amide bonds. The van der Waals surface area contributed by atoms with Gasteiger partial charge in [0.1, 0.15) is 11.4 Å². The van der Waals surface area contributed by atoms with Gasteiger partial charge in [-0.15, -0.1) is 0 Å². The van der Waals surface area contributed by atoms with Crippen LogP contribution in [0, 0.1) is 6.92 Å². The van der Waals surface area contributed by atoms with E-state index in [-0.39, 0.29) is 5.91 Å². The number of benzene rings is 3. The third-order valence-corrected chi connectivity index (χ3v) is 5.84. The molecule has 5 heteroatoms. The maximum atomic E-state index is 13.3. The lowest BCUT2D eigenvalue weighted by Gasteiger charge is -2.28. The Labute approximate surface area is 169 Å². The van der Waals surface area contributed by atoms with Crippen molar-refractivity contribution in [3.05, 3.63) is 71.8 Å². The number of thioether (sulfide) groups is 1. The fraction of sp³-hybridized carbons (Fsp3) is 0.217. The smallest absolute Gasteiger partial charge is 0.259 e. The van der Waals surface area contributed by atoms with Gasteiger partial charge in [0, 0.05) is 17.9 Å². The number of amidine groups is 1. The van der Waals surface area contributed by atoms with Gasteiger partial charge in [0.2, 0.25) is 0 Å². The first-order chi connectivity index (χ1) is 13.7. The number of hydrogen-bond donors (Lipinski definition) is 0. The SMILES string of the molecule is COc1ccc(C)cc1N=C1SCCCN1C(=O)c1ccc2ccccc2c1. The van der Waals surface area contributed by atoms with E-state index < -0.39 is 0 Å². The molecule has 0 aromatic heterocycles. The highest BCUT2D eigenvalue weighted by Crippen LogP contribution is 2.31. The summed E-state index contributed by atoms with van der Waals surface area (Å²) in [6.45, 7) is 2.70. The Bertz CT molecular complexity index is 1060. The molecule has 0 N–H and O–H groups in total. The molecular weight excluding hydrogens is 368 g/mol. The van der Waals surface area contributed by atoms with Crippen molar-refractivity contribution < 1.29 is 9.53 Å². The minimum Gasteiger partial charge on any atom is -0.494 e. The van der Waals surface area contributed by atoms with Crippen molar-refractivity contribution in [2.45, 2.75) is 13.3 Å². The molecule has 1 aliphatic rings. The van der Waals surface area contributed by atoms with Gasteiger partial charge in [0.25, 0.3) is 5.91 Å². The molecule has 1 heterocycles. The van der Waals surface area contributed by atoms with Crippen LogP contribution in [0.2, 0.25) is 0 Å². The summed E-state index contributed by atoms with van der Waals surface area (Å²) in [6, 6.07) is 19.8. The second-order valence-electron chi connectivity index (χ2n) is 6.79. The van der Waals surface area contributed by atoms with Crippen molar-refractivity contribution in [3.63, 3.8) is 0 Å². The highest BCUT2D eigenvalue weighted by molar-refractivity contribution is 8.13. The molecule has 0 radical (unpaired) electrons. The number of aliphatic imine (C=N–C) groups is 1. The second-order valence-corrected chi connectivity index (χ2v) is 7.85. The van der Waals surface area contributed by atoms with E-state index in [1.165, 1.54) is 0 Å². The molecule has 0 atom stereocenters. The molecule has 0 saturated carbocycles. The molecule has 28 heavy (non-hydrogen) atoms. The van der Waals surface area contributed by atoms with Crippen LogP contribution in [0.5, 0.6) is 5.75 Å². The molecule has 4 rings (SSSR count). The van der Waals surface area contributed by atoms with Crippen molar-refractivity contribution in [2.24, 2.45) is 4.99 Å². The first-order valence-corrected chi connectivity index (χ1v) is 10.3. The van der Waals surface area contributed by atoms with Crippen molar-refractivity contribution >= 4 is 39.3 Å². The second kappa shape index (κ2) is 8.07. The number of methoxy groups -OCH3 is 1. The van der Waals surface area contributed by atoms with Gasteiger partial charge >= 0.3 is 0 Å². The predicted octanol–water partition coefficient (Wildman–Crippen LogP) is 5.42. The molecular formula is C23H22N2O2S. The standard InChI is InChI=1S/C23H22N2O2S/c1-16-8-11-21(27-2)20(14-16)24-23-25(12-5-13-28-23)22(26)19-10-9-17-6-3-4-7-18(17)15-19/h3-4,6-11,14-15H,5,12-13H2,1-2H3. The normalized spacial score (nSPS) is 15.8. The lowest BCUT2D eigenvalue weighted by Crippen LogP contribution is -2.39. The maximum Gasteiger partial charge on any atom is 0.259 e. The number of hydrogen-bond acceptors (Lipinski definition) is 4. The third kappa shape index (κ3) is 3.76. The first-order valence-electron chi connectivity index (χ1n) is 9.32. The predicted molar refractivity (Wildman–Crippen MR) is 117 cm³/mol. The zero-order valence-corrected chi connectivity index (χ0v) is 16.8. The fourth-order valence-corrected chi connectivity index (χ4v) is 4.26. The summed E-state index contributed by atoms with van der Waals surface area (Å²) < 4.78 is 5.45. The minimum absolute atomic E-state index is 0.0108. The Morgan fingerprint density at radius 2 is 1.89 bits per heavy atom. The monoisotopic (exact) mass is 390 g/mol. The number of nitrogens with zero attached hydrogens (tertiary/aromatic N) is 2. The van der Waals surface area contributed by atoms with E-state index in [1.54, 1.807) is 23.8 Å². The number of amides is 1. The average Bonchev–Trinajstić information content (AvgIpc) is 2.73. The molecule has 1 aliphatic heterocycles. The minimum atomic E-state index is -0.0108. The third-order valence-electron chi connectivity index (χ3n) is 4.78. The summed E-state index contributed by atoms with van der Waals surface area (Å²) in [7, 11) is 1.64. The van der Waals surface area contributed by atoms with Crippen molar-refractivity contribution in [1.82, 2.24) is 4.90 Å². The van der Waals surface area contributed by atoms with Crippen LogP contribution >= 0.6 is 11.8 Å². The fourth-order valence-electron chi connectivity index (χ4n) is 3.31. The van der Waals surface area contributed by atoms with Gasteiger partial charge in [-0.2, -0.15) is 0 Å². The van der Waals surface area contributed by atoms with Gasteiger partial charge in [0.15, 0.2) is 5.17 Å². The molecule has 4 nitrogen and oxygen atoms in total. The van der Waals surface area contributed by atoms with Gasteiger partial charge in [-0.1, -0.05) is 48.2 Å². The van der Waals surface area contributed by atoms with Crippen molar-refractivity contribution in [1.29, 1.82) is 0 Å². The molecule has 3 aromatic rings. The summed E-state index contributed by atoms with van der Waals surface area (Å²) >= 11 is 1.62. The van der Waals surface area contributed by atoms with Gasteiger partial charge < -0.3 is 4.74 Å². The number of rotatable bonds is 3. The average molecular weight is 391 g/mol. The Kier molecular flexibility index (Phi) is 5.35. The summed E-state index contributed by atoms with van der Waals surface area (Å²) in [5.74, 6) is 1.65. The summed E-state index contributed by atoms with van der Waals surface area (Å²) in [5, 5.41) is 2.93. The van der Waals surface area contributed by atoms with Crippen LogP contribution in [0.25, 0.3) is 10.8 Å². The number of carbonyl (C=O) groups excluding carboxylic acids is 1. The van der Waals surface area contributed by atoms with E-state index in [9.17, 15) is 4.79 Å². The summed E-state index contributed by atoms with van der Waals surface area (Å²) in [4.78, 5) is 19.9. The highest BCUT2D eigenvalue weighted by Gasteiger charge is 2.25. The molecule has 1 fully saturated rings. The Morgan fingerprint density at radius 3 is 2.71 bits per heavy atom. The lowest BCUT2D eigenvalue weighted by atomic mass is 10.1. The molecule has 3 aromatic carbocycles. The van der Waals surface area contributed by atoms with Crippen molar-refractivity contribution in [2.75, 3.05) is 19.4 Å². The van der Waals surface area contributed by atoms with E-state index >= 15 is 0 Å². The Morgan fingerprint density at radius 1 is 1.07 bits per heavy atom. The largest absolute Gasteiger partial charge is 0.494 e. The van der Waals surface area contributed by atoms with Crippen LogP contribution in [0.15, 0.2) is 65.7 Å². The Balaban J connectivity index is 1.70. The van der Waals surface area contributed by atoms with Gasteiger partial charge in [0.05, 0.1) is 7.11 Å². The molecule has 142 valence electrons. The van der Waals surface area contributed by atoms with Crippen LogP contribution in [-0.4, -0.2) is 35.4 Å². The van der Waals surface area contributed by atoms with Gasteiger partial charge in [-0.25, -0.2) is 4.99 Å². The van der Waals surface area contributed by atoms with E-state index in [4.69, 9.17) is 9.73 Å². The molecule has 0 spiro atoms. The van der Waals surface area contributed by atoms with Gasteiger partial charge in [-0.05, 0) is 53.9 Å². The summed E-state index contributed by atoms with van der Waals surface area (Å²) in [6.07, 6.45) is 0.952. The molecule has 0 aliphatic carbocycles. The van der Waals surface area contributed by atoms with Crippen LogP contribution in [0.1, 0.15) is 22.3 Å². The van der Waals surface area contributed by atoms with E-state index in [0.717, 1.165) is 39.4 Å². The number of ether oxygens (including phenoxy) is 1. The maximum absolute atomic E-state index is 13.3. The zero-order valence-electron chi connectivity index (χ0n) is 16.0. The quantitative estimate of drug-likeness (QED) is 0.599. The van der Waals surface area contributed by atoms with E-state index in [0.29, 0.717) is 17.9 Å². The summed E-state index contributed by atoms with van der Waals surface area (Å²) in [5.41, 5.74) is 2.54. The topological polar surface area (TPSA) is 41.9 Å². The van der Waals surface area contributed by atoms with Crippen LogP contribution < -0.4 is 4.74 Å². The highest BCUT2D eigenvalue weighted by atomic mass is 32.2. The van der Waals surface area contributed by atoms with Crippen LogP contribution in [0.3, 0.4) is 0 Å². The van der Waals surface area contributed by atoms with Crippen LogP contribution in [0.4, 0.5) is 5.69 Å². The van der Waals surface area contributed by atoms with Gasteiger partial charge in [-0.3, -0.25) is 9.69 Å². The first kappa shape index (κ1) is 18.6. The number of aryl methyl sites for hydroxylation is 1. The Hall–Kier alpha value is -2.79. The number of carbonyl (C=O) groups is 1. The van der Waals surface area contributed by atoms with Crippen LogP contribution in [-0.2, 0) is 0 Å². The lowest BCUT2D eigenvalue weighted by molar-refractivity contribution is 0.0849. The molecule has 1 saturated heterocycles. The molecule has 0 unspecified atom stereocenters. The van der Waals surface area contributed by atoms with E-state index in [2.05, 4.69) is 6.07 Å². The molecule has 0 bridgehead atoms.